The summed E-state index contributed by atoms with van der Waals surface area (Å²) >= 11 is 5.47. The molecule has 18 heavy (non-hydrogen) atoms. The van der Waals surface area contributed by atoms with Gasteiger partial charge in [0.05, 0.1) is 0 Å². The predicted molar refractivity (Wildman–Crippen MR) is 82.0 cm³/mol. The normalized spacial score (nSPS) is 16.7. The molecule has 98 valence electrons. The highest BCUT2D eigenvalue weighted by atomic mass is 32.1. The highest BCUT2D eigenvalue weighted by Gasteiger charge is 2.17. The van der Waals surface area contributed by atoms with E-state index in [9.17, 15) is 0 Å². The summed E-state index contributed by atoms with van der Waals surface area (Å²) in [4.78, 5) is 2.28. The number of nitrogens with zero attached hydrogens (tertiary/aromatic N) is 1. The van der Waals surface area contributed by atoms with Crippen molar-refractivity contribution in [2.45, 2.75) is 33.1 Å². The lowest BCUT2D eigenvalue weighted by Crippen LogP contribution is -2.40. The minimum atomic E-state index is 0.841. The Morgan fingerprint density at radius 1 is 1.28 bits per heavy atom. The van der Waals surface area contributed by atoms with Gasteiger partial charge in [-0.25, -0.2) is 0 Å². The van der Waals surface area contributed by atoms with E-state index in [0.29, 0.717) is 0 Å². The van der Waals surface area contributed by atoms with Gasteiger partial charge in [-0.2, -0.15) is 0 Å². The van der Waals surface area contributed by atoms with Crippen LogP contribution in [0.15, 0.2) is 24.3 Å². The summed E-state index contributed by atoms with van der Waals surface area (Å²) < 4.78 is 0. The maximum atomic E-state index is 5.47. The second-order valence-electron chi connectivity index (χ2n) is 5.15. The van der Waals surface area contributed by atoms with Crippen molar-refractivity contribution >= 4 is 23.0 Å². The van der Waals surface area contributed by atoms with E-state index in [4.69, 9.17) is 12.2 Å². The molecule has 1 aromatic rings. The zero-order chi connectivity index (χ0) is 13.0. The van der Waals surface area contributed by atoms with E-state index < -0.39 is 0 Å². The number of benzene rings is 1. The first-order valence-corrected chi connectivity index (χ1v) is 7.24. The number of likely N-dealkylation sites (tertiary alicyclic amines) is 1. The van der Waals surface area contributed by atoms with Gasteiger partial charge in [0.15, 0.2) is 5.11 Å². The third kappa shape index (κ3) is 3.45. The molecule has 0 saturated carbocycles. The number of thiocarbonyl (C=S) groups is 1. The van der Waals surface area contributed by atoms with E-state index in [-0.39, 0.29) is 0 Å². The fraction of sp³-hybridized carbons (Fsp3) is 0.533. The van der Waals surface area contributed by atoms with Crippen LogP contribution in [0.5, 0.6) is 0 Å². The van der Waals surface area contributed by atoms with Crippen molar-refractivity contribution in [3.8, 4) is 0 Å². The molecule has 3 heteroatoms. The Bertz CT molecular complexity index is 391. The first-order valence-electron chi connectivity index (χ1n) is 6.84. The van der Waals surface area contributed by atoms with Gasteiger partial charge in [-0.3, -0.25) is 0 Å². The second kappa shape index (κ2) is 6.19. The van der Waals surface area contributed by atoms with Gasteiger partial charge in [0.1, 0.15) is 0 Å². The molecule has 2 nitrogen and oxygen atoms in total. The van der Waals surface area contributed by atoms with E-state index in [1.54, 1.807) is 0 Å². The van der Waals surface area contributed by atoms with Crippen molar-refractivity contribution in [3.63, 3.8) is 0 Å². The highest BCUT2D eigenvalue weighted by Crippen LogP contribution is 2.17. The number of piperidine rings is 1. The van der Waals surface area contributed by atoms with E-state index in [0.717, 1.165) is 36.2 Å². The predicted octanol–water partition coefficient (Wildman–Crippen LogP) is 3.68. The Hall–Kier alpha value is -1.09. The topological polar surface area (TPSA) is 15.3 Å². The molecule has 0 radical (unpaired) electrons. The van der Waals surface area contributed by atoms with Crippen molar-refractivity contribution in [2.24, 2.45) is 5.92 Å². The minimum absolute atomic E-state index is 0.841. The van der Waals surface area contributed by atoms with Gasteiger partial charge in [0.25, 0.3) is 0 Å². The fourth-order valence-corrected chi connectivity index (χ4v) is 2.54. The van der Waals surface area contributed by atoms with Crippen LogP contribution in [0.2, 0.25) is 0 Å². The quantitative estimate of drug-likeness (QED) is 0.819. The van der Waals surface area contributed by atoms with Gasteiger partial charge in [0.2, 0.25) is 0 Å². The standard InChI is InChI=1S/C15H22N2S/c1-3-13-4-6-14(7-5-13)16-15(18)17-10-8-12(2)9-11-17/h4-7,12H,3,8-11H2,1-2H3,(H,16,18). The molecule has 0 spiro atoms. The zero-order valence-electron chi connectivity index (χ0n) is 11.3. The monoisotopic (exact) mass is 262 g/mol. The van der Waals surface area contributed by atoms with E-state index in [2.05, 4.69) is 48.3 Å². The van der Waals surface area contributed by atoms with E-state index >= 15 is 0 Å². The molecule has 1 aliphatic rings. The molecule has 1 saturated heterocycles. The fourth-order valence-electron chi connectivity index (χ4n) is 2.24. The SMILES string of the molecule is CCc1ccc(NC(=S)N2CCC(C)CC2)cc1. The molecular formula is C15H22N2S. The summed E-state index contributed by atoms with van der Waals surface area (Å²) in [5.74, 6) is 0.841. The van der Waals surface area contributed by atoms with E-state index in [1.165, 1.54) is 18.4 Å². The molecule has 0 unspecified atom stereocenters. The average Bonchev–Trinajstić information content (AvgIpc) is 2.40. The second-order valence-corrected chi connectivity index (χ2v) is 5.54. The molecule has 0 amide bonds. The molecular weight excluding hydrogens is 240 g/mol. The van der Waals surface area contributed by atoms with E-state index in [1.807, 2.05) is 0 Å². The van der Waals surface area contributed by atoms with Gasteiger partial charge in [-0.15, -0.1) is 0 Å². The first-order chi connectivity index (χ1) is 8.69. The molecule has 0 aromatic heterocycles. The van der Waals surface area contributed by atoms with Gasteiger partial charge in [0, 0.05) is 18.8 Å². The number of nitrogens with one attached hydrogen (secondary N) is 1. The highest BCUT2D eigenvalue weighted by molar-refractivity contribution is 7.80. The van der Waals surface area contributed by atoms with Crippen LogP contribution in [-0.4, -0.2) is 23.1 Å². The number of aryl methyl sites for hydroxylation is 1. The Morgan fingerprint density at radius 3 is 2.44 bits per heavy atom. The van der Waals surface area contributed by atoms with Crippen LogP contribution < -0.4 is 5.32 Å². The van der Waals surface area contributed by atoms with Crippen LogP contribution in [0.25, 0.3) is 0 Å². The molecule has 0 bridgehead atoms. The summed E-state index contributed by atoms with van der Waals surface area (Å²) in [5, 5.41) is 4.20. The van der Waals surface area contributed by atoms with Crippen LogP contribution in [0.3, 0.4) is 0 Å². The average molecular weight is 262 g/mol. The lowest BCUT2D eigenvalue weighted by atomic mass is 10.00. The van der Waals surface area contributed by atoms with Crippen LogP contribution >= 0.6 is 12.2 Å². The molecule has 2 rings (SSSR count). The number of anilines is 1. The summed E-state index contributed by atoms with van der Waals surface area (Å²) in [7, 11) is 0. The largest absolute Gasteiger partial charge is 0.349 e. The number of rotatable bonds is 2. The molecule has 1 fully saturated rings. The maximum Gasteiger partial charge on any atom is 0.173 e. The number of hydrogen-bond donors (Lipinski definition) is 1. The maximum absolute atomic E-state index is 5.47. The van der Waals surface area contributed by atoms with Gasteiger partial charge in [-0.05, 0) is 55.1 Å². The summed E-state index contributed by atoms with van der Waals surface area (Å²) in [5.41, 5.74) is 2.45. The number of hydrogen-bond acceptors (Lipinski definition) is 1. The van der Waals surface area contributed by atoms with Crippen molar-refractivity contribution in [2.75, 3.05) is 18.4 Å². The Morgan fingerprint density at radius 2 is 1.89 bits per heavy atom. The van der Waals surface area contributed by atoms with Gasteiger partial charge < -0.3 is 10.2 Å². The zero-order valence-corrected chi connectivity index (χ0v) is 12.1. The smallest absolute Gasteiger partial charge is 0.173 e. The Balaban J connectivity index is 1.90. The van der Waals surface area contributed by atoms with Crippen LogP contribution in [0, 0.1) is 5.92 Å². The summed E-state index contributed by atoms with van der Waals surface area (Å²) in [6.07, 6.45) is 3.57. The minimum Gasteiger partial charge on any atom is -0.349 e. The van der Waals surface area contributed by atoms with Crippen molar-refractivity contribution < 1.29 is 0 Å². The first kappa shape index (κ1) is 13.3. The summed E-state index contributed by atoms with van der Waals surface area (Å²) in [6, 6.07) is 8.53. The molecule has 1 heterocycles. The van der Waals surface area contributed by atoms with Crippen molar-refractivity contribution in [1.29, 1.82) is 0 Å². The Labute approximate surface area is 115 Å². The molecule has 0 aliphatic carbocycles. The molecule has 1 aromatic carbocycles. The van der Waals surface area contributed by atoms with Crippen LogP contribution in [0.4, 0.5) is 5.69 Å². The Kier molecular flexibility index (Phi) is 4.59. The van der Waals surface area contributed by atoms with Gasteiger partial charge in [-0.1, -0.05) is 26.0 Å². The van der Waals surface area contributed by atoms with Crippen LogP contribution in [-0.2, 0) is 6.42 Å². The van der Waals surface area contributed by atoms with Gasteiger partial charge >= 0.3 is 0 Å². The molecule has 0 atom stereocenters. The van der Waals surface area contributed by atoms with Crippen LogP contribution in [0.1, 0.15) is 32.3 Å². The lowest BCUT2D eigenvalue weighted by Gasteiger charge is -2.32. The third-order valence-corrected chi connectivity index (χ3v) is 4.04. The summed E-state index contributed by atoms with van der Waals surface area (Å²) in [6.45, 7) is 6.65. The third-order valence-electron chi connectivity index (χ3n) is 3.68. The van der Waals surface area contributed by atoms with Crippen molar-refractivity contribution in [3.05, 3.63) is 29.8 Å². The molecule has 1 aliphatic heterocycles. The molecule has 1 N–H and O–H groups in total. The lowest BCUT2D eigenvalue weighted by molar-refractivity contribution is 0.283. The van der Waals surface area contributed by atoms with Crippen molar-refractivity contribution in [1.82, 2.24) is 4.90 Å².